The highest BCUT2D eigenvalue weighted by Gasteiger charge is 2.12. The molecule has 0 fully saturated rings. The first-order valence-electron chi connectivity index (χ1n) is 9.15. The van der Waals surface area contributed by atoms with Gasteiger partial charge in [-0.2, -0.15) is 0 Å². The van der Waals surface area contributed by atoms with E-state index in [9.17, 15) is 9.59 Å². The summed E-state index contributed by atoms with van der Waals surface area (Å²) in [7, 11) is 0. The second-order valence-electron chi connectivity index (χ2n) is 6.11. The fourth-order valence-electron chi connectivity index (χ4n) is 2.43. The molecule has 2 N–H and O–H groups in total. The van der Waals surface area contributed by atoms with Crippen molar-refractivity contribution in [2.45, 2.75) is 37.5 Å². The van der Waals surface area contributed by atoms with E-state index in [2.05, 4.69) is 17.6 Å². The lowest BCUT2D eigenvalue weighted by atomic mass is 10.1. The van der Waals surface area contributed by atoms with E-state index in [1.54, 1.807) is 30.0 Å². The summed E-state index contributed by atoms with van der Waals surface area (Å²) in [5, 5.41) is 6.47. The lowest BCUT2D eigenvalue weighted by molar-refractivity contribution is -0.116. The molecule has 0 unspecified atom stereocenters. The summed E-state index contributed by atoms with van der Waals surface area (Å²) in [5.74, 6) is 0.604. The van der Waals surface area contributed by atoms with Crippen molar-refractivity contribution in [3.8, 4) is 0 Å². The monoisotopic (exact) mass is 404 g/mol. The van der Waals surface area contributed by atoms with Gasteiger partial charge in [0.05, 0.1) is 11.3 Å². The molecule has 0 saturated carbocycles. The number of anilines is 1. The third kappa shape index (κ3) is 7.65. The number of rotatable bonds is 10. The molecule has 27 heavy (non-hydrogen) atoms. The van der Waals surface area contributed by atoms with Crippen molar-refractivity contribution in [3.63, 3.8) is 0 Å². The van der Waals surface area contributed by atoms with Gasteiger partial charge in [0.25, 0.3) is 5.91 Å². The van der Waals surface area contributed by atoms with Crippen LogP contribution in [-0.2, 0) is 4.79 Å². The standard InChI is InChI=1S/C21H25ClN2O2S/c1-2-3-14-23-21(26)18-7-4-5-8-19(18)24-20(25)9-6-15-27-17-12-10-16(22)11-13-17/h4-5,7-8,10-13H,2-3,6,9,14-15H2,1H3,(H,23,26)(H,24,25). The smallest absolute Gasteiger partial charge is 0.253 e. The average Bonchev–Trinajstić information content (AvgIpc) is 2.67. The summed E-state index contributed by atoms with van der Waals surface area (Å²) in [6, 6.07) is 14.8. The number of unbranched alkanes of at least 4 members (excludes halogenated alkanes) is 1. The molecule has 0 aliphatic carbocycles. The molecular formula is C21H25ClN2O2S. The Kier molecular flexibility index (Phi) is 9.22. The Morgan fingerprint density at radius 3 is 2.52 bits per heavy atom. The number of halogens is 1. The van der Waals surface area contributed by atoms with Crippen LogP contribution in [0.4, 0.5) is 5.69 Å². The molecule has 0 saturated heterocycles. The van der Waals surface area contributed by atoms with Crippen molar-refractivity contribution in [3.05, 3.63) is 59.1 Å². The van der Waals surface area contributed by atoms with Crippen LogP contribution in [0.3, 0.4) is 0 Å². The second kappa shape index (κ2) is 11.7. The predicted molar refractivity (Wildman–Crippen MR) is 114 cm³/mol. The lowest BCUT2D eigenvalue weighted by Gasteiger charge is -2.11. The fraction of sp³-hybridized carbons (Fsp3) is 0.333. The van der Waals surface area contributed by atoms with Gasteiger partial charge >= 0.3 is 0 Å². The Bertz CT molecular complexity index is 750. The Balaban J connectivity index is 1.79. The van der Waals surface area contributed by atoms with E-state index >= 15 is 0 Å². The molecule has 144 valence electrons. The van der Waals surface area contributed by atoms with Crippen molar-refractivity contribution >= 4 is 40.9 Å². The first-order valence-corrected chi connectivity index (χ1v) is 10.5. The molecule has 0 aromatic heterocycles. The zero-order valence-electron chi connectivity index (χ0n) is 15.5. The van der Waals surface area contributed by atoms with Crippen molar-refractivity contribution in [1.82, 2.24) is 5.32 Å². The van der Waals surface area contributed by atoms with Gasteiger partial charge in [0.15, 0.2) is 0 Å². The van der Waals surface area contributed by atoms with E-state index < -0.39 is 0 Å². The highest BCUT2D eigenvalue weighted by Crippen LogP contribution is 2.22. The van der Waals surface area contributed by atoms with Crippen LogP contribution in [0.15, 0.2) is 53.4 Å². The number of carbonyl (C=O) groups is 2. The molecule has 2 aromatic rings. The van der Waals surface area contributed by atoms with Gasteiger partial charge in [-0.15, -0.1) is 11.8 Å². The molecule has 0 aliphatic rings. The van der Waals surface area contributed by atoms with Crippen LogP contribution in [0.1, 0.15) is 43.0 Å². The zero-order valence-corrected chi connectivity index (χ0v) is 17.0. The van der Waals surface area contributed by atoms with Crippen LogP contribution in [-0.4, -0.2) is 24.1 Å². The quantitative estimate of drug-likeness (QED) is 0.412. The largest absolute Gasteiger partial charge is 0.352 e. The van der Waals surface area contributed by atoms with E-state index in [1.165, 1.54) is 0 Å². The van der Waals surface area contributed by atoms with Gasteiger partial charge in [0, 0.05) is 22.9 Å². The number of thioether (sulfide) groups is 1. The first-order chi connectivity index (χ1) is 13.1. The molecule has 0 radical (unpaired) electrons. The Labute approximate surface area is 170 Å². The normalized spacial score (nSPS) is 10.4. The molecule has 6 heteroatoms. The summed E-state index contributed by atoms with van der Waals surface area (Å²) in [6.45, 7) is 2.71. The minimum atomic E-state index is -0.155. The van der Waals surface area contributed by atoms with Gasteiger partial charge in [0.2, 0.25) is 5.91 Å². The van der Waals surface area contributed by atoms with E-state index in [0.29, 0.717) is 24.2 Å². The number of amides is 2. The number of para-hydroxylation sites is 1. The number of hydrogen-bond donors (Lipinski definition) is 2. The topological polar surface area (TPSA) is 58.2 Å². The summed E-state index contributed by atoms with van der Waals surface area (Å²) in [6.07, 6.45) is 3.12. The lowest BCUT2D eigenvalue weighted by Crippen LogP contribution is -2.26. The van der Waals surface area contributed by atoms with Crippen molar-refractivity contribution < 1.29 is 9.59 Å². The molecule has 4 nitrogen and oxygen atoms in total. The van der Waals surface area contributed by atoms with Gasteiger partial charge in [-0.3, -0.25) is 9.59 Å². The SMILES string of the molecule is CCCCNC(=O)c1ccccc1NC(=O)CCCSc1ccc(Cl)cc1. The molecule has 2 rings (SSSR count). The van der Waals surface area contributed by atoms with Gasteiger partial charge in [-0.1, -0.05) is 37.1 Å². The molecule has 0 atom stereocenters. The minimum absolute atomic E-state index is 0.0829. The fourth-order valence-corrected chi connectivity index (χ4v) is 3.41. The third-order valence-electron chi connectivity index (χ3n) is 3.89. The highest BCUT2D eigenvalue weighted by molar-refractivity contribution is 7.99. The van der Waals surface area contributed by atoms with Crippen LogP contribution >= 0.6 is 23.4 Å². The van der Waals surface area contributed by atoms with Crippen LogP contribution in [0.25, 0.3) is 0 Å². The van der Waals surface area contributed by atoms with Crippen LogP contribution in [0.5, 0.6) is 0 Å². The van der Waals surface area contributed by atoms with Gasteiger partial charge in [-0.05, 0) is 55.0 Å². The molecule has 0 aliphatic heterocycles. The Hall–Kier alpha value is -1.98. The van der Waals surface area contributed by atoms with Crippen LogP contribution < -0.4 is 10.6 Å². The molecule has 2 aromatic carbocycles. The average molecular weight is 405 g/mol. The van der Waals surface area contributed by atoms with Crippen LogP contribution in [0.2, 0.25) is 5.02 Å². The van der Waals surface area contributed by atoms with Gasteiger partial charge in [-0.25, -0.2) is 0 Å². The number of carbonyl (C=O) groups excluding carboxylic acids is 2. The van der Waals surface area contributed by atoms with E-state index in [1.807, 2.05) is 30.3 Å². The van der Waals surface area contributed by atoms with E-state index in [0.717, 1.165) is 34.9 Å². The molecular weight excluding hydrogens is 380 g/mol. The van der Waals surface area contributed by atoms with Gasteiger partial charge < -0.3 is 10.6 Å². The first kappa shape index (κ1) is 21.3. The summed E-state index contributed by atoms with van der Waals surface area (Å²) < 4.78 is 0. The summed E-state index contributed by atoms with van der Waals surface area (Å²) in [4.78, 5) is 25.7. The molecule has 0 bridgehead atoms. The van der Waals surface area contributed by atoms with Crippen molar-refractivity contribution in [2.75, 3.05) is 17.6 Å². The molecule has 0 heterocycles. The third-order valence-corrected chi connectivity index (χ3v) is 5.24. The minimum Gasteiger partial charge on any atom is -0.352 e. The predicted octanol–water partition coefficient (Wildman–Crippen LogP) is 5.38. The second-order valence-corrected chi connectivity index (χ2v) is 7.71. The Morgan fingerprint density at radius 1 is 1.04 bits per heavy atom. The molecule has 2 amide bonds. The summed E-state index contributed by atoms with van der Waals surface area (Å²) in [5.41, 5.74) is 1.05. The maximum atomic E-state index is 12.3. The summed E-state index contributed by atoms with van der Waals surface area (Å²) >= 11 is 7.57. The Morgan fingerprint density at radius 2 is 1.78 bits per heavy atom. The van der Waals surface area contributed by atoms with E-state index in [4.69, 9.17) is 11.6 Å². The zero-order chi connectivity index (χ0) is 19.5. The maximum absolute atomic E-state index is 12.3. The maximum Gasteiger partial charge on any atom is 0.253 e. The van der Waals surface area contributed by atoms with Crippen LogP contribution in [0, 0.1) is 0 Å². The number of nitrogens with one attached hydrogen (secondary N) is 2. The molecule has 0 spiro atoms. The number of hydrogen-bond acceptors (Lipinski definition) is 3. The van der Waals surface area contributed by atoms with Crippen molar-refractivity contribution in [2.24, 2.45) is 0 Å². The highest BCUT2D eigenvalue weighted by atomic mass is 35.5. The number of benzene rings is 2. The van der Waals surface area contributed by atoms with E-state index in [-0.39, 0.29) is 11.8 Å². The van der Waals surface area contributed by atoms with Gasteiger partial charge in [0.1, 0.15) is 0 Å². The van der Waals surface area contributed by atoms with Crippen molar-refractivity contribution in [1.29, 1.82) is 0 Å².